The molecule has 0 aromatic heterocycles. The first-order valence-electron chi connectivity index (χ1n) is 11.5. The van der Waals surface area contributed by atoms with Gasteiger partial charge >= 0.3 is 11.9 Å². The van der Waals surface area contributed by atoms with E-state index in [2.05, 4.69) is 26.3 Å². The van der Waals surface area contributed by atoms with Crippen LogP contribution in [-0.4, -0.2) is 83.1 Å². The molecular formula is C21H37N7O7. The van der Waals surface area contributed by atoms with Crippen molar-refractivity contribution in [3.8, 4) is 0 Å². The molecule has 1 rings (SSSR count). The number of nitrogens with two attached hydrogens (primary N) is 2. The molecule has 0 aromatic rings. The van der Waals surface area contributed by atoms with Gasteiger partial charge in [0.2, 0.25) is 17.7 Å². The molecular weight excluding hydrogens is 462 g/mol. The van der Waals surface area contributed by atoms with Crippen molar-refractivity contribution in [2.45, 2.75) is 76.5 Å². The van der Waals surface area contributed by atoms with Gasteiger partial charge in [0.15, 0.2) is 5.96 Å². The molecule has 0 bridgehead atoms. The van der Waals surface area contributed by atoms with Gasteiger partial charge in [0, 0.05) is 6.54 Å². The third-order valence-corrected chi connectivity index (χ3v) is 5.29. The minimum Gasteiger partial charge on any atom is -0.481 e. The number of carboxylic acid groups (broad SMARTS) is 2. The molecule has 1 fully saturated rings. The number of hydrogen-bond donors (Lipinski definition) is 8. The largest absolute Gasteiger partial charge is 0.481 e. The first-order valence-corrected chi connectivity index (χ1v) is 11.5. The van der Waals surface area contributed by atoms with Gasteiger partial charge in [0.05, 0.1) is 12.5 Å². The third kappa shape index (κ3) is 11.5. The highest BCUT2D eigenvalue weighted by molar-refractivity contribution is 5.95. The second-order valence-electron chi connectivity index (χ2n) is 8.85. The summed E-state index contributed by atoms with van der Waals surface area (Å²) in [4.78, 5) is 64.8. The Labute approximate surface area is 203 Å². The zero-order valence-electron chi connectivity index (χ0n) is 20.1. The summed E-state index contributed by atoms with van der Waals surface area (Å²) in [7, 11) is 0. The Kier molecular flexibility index (Phi) is 12.5. The second-order valence-corrected chi connectivity index (χ2v) is 8.85. The van der Waals surface area contributed by atoms with Crippen LogP contribution in [0.15, 0.2) is 4.99 Å². The van der Waals surface area contributed by atoms with Crippen molar-refractivity contribution in [1.29, 1.82) is 0 Å². The van der Waals surface area contributed by atoms with E-state index < -0.39 is 60.2 Å². The van der Waals surface area contributed by atoms with Crippen molar-refractivity contribution in [2.24, 2.45) is 22.4 Å². The molecule has 4 unspecified atom stereocenters. The summed E-state index contributed by atoms with van der Waals surface area (Å²) in [5.41, 5.74) is 10.5. The molecule has 10 N–H and O–H groups in total. The van der Waals surface area contributed by atoms with Crippen LogP contribution in [0.3, 0.4) is 0 Å². The summed E-state index contributed by atoms with van der Waals surface area (Å²) in [5.74, 6) is -4.85. The van der Waals surface area contributed by atoms with Crippen LogP contribution in [-0.2, 0) is 24.0 Å². The van der Waals surface area contributed by atoms with Gasteiger partial charge in [-0.05, 0) is 44.6 Å². The first-order chi connectivity index (χ1) is 16.4. The predicted molar refractivity (Wildman–Crippen MR) is 126 cm³/mol. The van der Waals surface area contributed by atoms with E-state index in [4.69, 9.17) is 11.5 Å². The zero-order valence-corrected chi connectivity index (χ0v) is 20.1. The van der Waals surface area contributed by atoms with E-state index in [0.29, 0.717) is 13.0 Å². The lowest BCUT2D eigenvalue weighted by atomic mass is 10.0. The Bertz CT molecular complexity index is 793. The van der Waals surface area contributed by atoms with Crippen LogP contribution >= 0.6 is 0 Å². The second kappa shape index (κ2) is 14.8. The molecule has 1 aliphatic heterocycles. The SMILES string of the molecule is CC(C)CC(NC(=O)C(CC(=O)O)NC(=O)C1CCCN1)C(=O)NC(CCCN=C(N)N)C(=O)O. The summed E-state index contributed by atoms with van der Waals surface area (Å²) in [6, 6.07) is -4.31. The van der Waals surface area contributed by atoms with Gasteiger partial charge in [0.1, 0.15) is 18.1 Å². The summed E-state index contributed by atoms with van der Waals surface area (Å²) >= 11 is 0. The molecule has 0 aromatic carbocycles. The van der Waals surface area contributed by atoms with Gasteiger partial charge in [-0.3, -0.25) is 24.2 Å². The summed E-state index contributed by atoms with van der Waals surface area (Å²) in [5, 5.41) is 28.9. The fraction of sp³-hybridized carbons (Fsp3) is 0.714. The Balaban J connectivity index is 2.88. The number of carboxylic acids is 2. The topological polar surface area (TPSA) is 238 Å². The van der Waals surface area contributed by atoms with Crippen molar-refractivity contribution >= 4 is 35.6 Å². The summed E-state index contributed by atoms with van der Waals surface area (Å²) in [6.07, 6.45) is 1.16. The molecule has 4 atom stereocenters. The number of nitrogens with zero attached hydrogens (tertiary/aromatic N) is 1. The summed E-state index contributed by atoms with van der Waals surface area (Å²) < 4.78 is 0. The van der Waals surface area contributed by atoms with Gasteiger partial charge in [-0.2, -0.15) is 0 Å². The highest BCUT2D eigenvalue weighted by atomic mass is 16.4. The first kappa shape index (κ1) is 29.6. The molecule has 0 aliphatic carbocycles. The Hall–Kier alpha value is -3.42. The number of carbonyl (C=O) groups excluding carboxylic acids is 3. The van der Waals surface area contributed by atoms with Gasteiger partial charge in [-0.15, -0.1) is 0 Å². The van der Waals surface area contributed by atoms with E-state index in [1.54, 1.807) is 13.8 Å². The quantitative estimate of drug-likeness (QED) is 0.0690. The molecule has 35 heavy (non-hydrogen) atoms. The van der Waals surface area contributed by atoms with Crippen LogP contribution in [0.5, 0.6) is 0 Å². The Morgan fingerprint density at radius 1 is 1.00 bits per heavy atom. The molecule has 0 radical (unpaired) electrons. The average Bonchev–Trinajstić information content (AvgIpc) is 3.28. The van der Waals surface area contributed by atoms with Gasteiger partial charge in [0.25, 0.3) is 0 Å². The molecule has 198 valence electrons. The van der Waals surface area contributed by atoms with Crippen LogP contribution in [0.1, 0.15) is 52.4 Å². The smallest absolute Gasteiger partial charge is 0.326 e. The Morgan fingerprint density at radius 2 is 1.63 bits per heavy atom. The third-order valence-electron chi connectivity index (χ3n) is 5.29. The molecule has 0 spiro atoms. The molecule has 14 nitrogen and oxygen atoms in total. The molecule has 1 heterocycles. The molecule has 0 saturated carbocycles. The van der Waals surface area contributed by atoms with Crippen LogP contribution in [0, 0.1) is 5.92 Å². The van der Waals surface area contributed by atoms with E-state index >= 15 is 0 Å². The zero-order chi connectivity index (χ0) is 26.5. The molecule has 3 amide bonds. The Morgan fingerprint density at radius 3 is 2.14 bits per heavy atom. The highest BCUT2D eigenvalue weighted by Crippen LogP contribution is 2.09. The number of aliphatic imine (C=N–C) groups is 1. The lowest BCUT2D eigenvalue weighted by Crippen LogP contribution is -2.57. The van der Waals surface area contributed by atoms with Gasteiger partial charge < -0.3 is 42.9 Å². The number of aliphatic carboxylic acids is 2. The lowest BCUT2D eigenvalue weighted by Gasteiger charge is -2.25. The minimum absolute atomic E-state index is 0.0479. The predicted octanol–water partition coefficient (Wildman–Crippen LogP) is -2.15. The number of hydrogen-bond acceptors (Lipinski definition) is 7. The van der Waals surface area contributed by atoms with Crippen LogP contribution < -0.4 is 32.7 Å². The van der Waals surface area contributed by atoms with E-state index in [1.807, 2.05) is 0 Å². The van der Waals surface area contributed by atoms with E-state index in [0.717, 1.165) is 6.42 Å². The maximum atomic E-state index is 12.9. The van der Waals surface area contributed by atoms with Gasteiger partial charge in [-0.25, -0.2) is 4.79 Å². The summed E-state index contributed by atoms with van der Waals surface area (Å²) in [6.45, 7) is 4.43. The van der Waals surface area contributed by atoms with Crippen LogP contribution in [0.2, 0.25) is 0 Å². The molecule has 14 heteroatoms. The fourth-order valence-corrected chi connectivity index (χ4v) is 3.57. The van der Waals surface area contributed by atoms with E-state index in [1.165, 1.54) is 0 Å². The number of rotatable bonds is 15. The number of nitrogens with one attached hydrogen (secondary N) is 4. The highest BCUT2D eigenvalue weighted by Gasteiger charge is 2.32. The van der Waals surface area contributed by atoms with Crippen molar-refractivity contribution in [3.63, 3.8) is 0 Å². The number of guanidine groups is 1. The maximum Gasteiger partial charge on any atom is 0.326 e. The van der Waals surface area contributed by atoms with Crippen molar-refractivity contribution in [2.75, 3.05) is 13.1 Å². The molecule has 1 saturated heterocycles. The monoisotopic (exact) mass is 499 g/mol. The lowest BCUT2D eigenvalue weighted by molar-refractivity contribution is -0.143. The van der Waals surface area contributed by atoms with Crippen molar-refractivity contribution in [3.05, 3.63) is 0 Å². The number of amides is 3. The minimum atomic E-state index is -1.40. The number of carbonyl (C=O) groups is 5. The average molecular weight is 500 g/mol. The maximum absolute atomic E-state index is 12.9. The van der Waals surface area contributed by atoms with E-state index in [9.17, 15) is 34.2 Å². The molecule has 1 aliphatic rings. The fourth-order valence-electron chi connectivity index (χ4n) is 3.57. The van der Waals surface area contributed by atoms with Crippen LogP contribution in [0.4, 0.5) is 0 Å². The van der Waals surface area contributed by atoms with Crippen molar-refractivity contribution in [1.82, 2.24) is 21.3 Å². The van der Waals surface area contributed by atoms with Gasteiger partial charge in [-0.1, -0.05) is 13.8 Å². The van der Waals surface area contributed by atoms with Crippen molar-refractivity contribution < 1.29 is 34.2 Å². The van der Waals surface area contributed by atoms with Crippen LogP contribution in [0.25, 0.3) is 0 Å². The standard InChI is InChI=1S/C21H37N7O7/c1-11(2)9-14(18(32)26-13(20(34)35)6-4-8-25-21(22)23)27-19(33)15(10-16(29)30)28-17(31)12-5-3-7-24-12/h11-15,24H,3-10H2,1-2H3,(H,26,32)(H,27,33)(H,28,31)(H,29,30)(H,34,35)(H4,22,23,25). The van der Waals surface area contributed by atoms with E-state index in [-0.39, 0.29) is 37.7 Å². The normalized spacial score (nSPS) is 17.6.